The molecule has 0 bridgehead atoms. The van der Waals surface area contributed by atoms with E-state index in [1.807, 2.05) is 22.8 Å². The van der Waals surface area contributed by atoms with Crippen LogP contribution in [0.4, 0.5) is 0 Å². The molecule has 0 aliphatic carbocycles. The first kappa shape index (κ1) is 10.1. The van der Waals surface area contributed by atoms with Gasteiger partial charge in [0.25, 0.3) is 0 Å². The molecule has 80 valence electrons. The molecule has 0 atom stereocenters. The topological polar surface area (TPSA) is 30.2 Å². The lowest BCUT2D eigenvalue weighted by Crippen LogP contribution is -1.95. The molecule has 15 heavy (non-hydrogen) atoms. The Morgan fingerprint density at radius 2 is 2.07 bits per heavy atom. The second-order valence-electron chi connectivity index (χ2n) is 4.31. The van der Waals surface area contributed by atoms with Crippen LogP contribution in [0.15, 0.2) is 18.3 Å². The Labute approximate surface area is 90.1 Å². The monoisotopic (exact) mass is 203 g/mol. The third-order valence-corrected chi connectivity index (χ3v) is 2.40. The normalized spacial score (nSPS) is 11.5. The van der Waals surface area contributed by atoms with Gasteiger partial charge in [0, 0.05) is 0 Å². The molecular formula is C12H17N3. The molecule has 0 fully saturated rings. The third kappa shape index (κ3) is 2.17. The molecule has 3 heteroatoms. The molecule has 2 rings (SSSR count). The van der Waals surface area contributed by atoms with Crippen molar-refractivity contribution in [2.24, 2.45) is 5.92 Å². The Bertz CT molecular complexity index is 457. The Morgan fingerprint density at radius 1 is 1.27 bits per heavy atom. The molecule has 0 aliphatic heterocycles. The zero-order valence-electron chi connectivity index (χ0n) is 9.57. The van der Waals surface area contributed by atoms with Gasteiger partial charge in [0.15, 0.2) is 5.65 Å². The van der Waals surface area contributed by atoms with Crippen molar-refractivity contribution in [1.82, 2.24) is 14.6 Å². The average Bonchev–Trinajstić information content (AvgIpc) is 2.57. The van der Waals surface area contributed by atoms with Crippen molar-refractivity contribution >= 4 is 5.65 Å². The quantitative estimate of drug-likeness (QED) is 0.767. The summed E-state index contributed by atoms with van der Waals surface area (Å²) in [6.45, 7) is 6.52. The van der Waals surface area contributed by atoms with Gasteiger partial charge >= 0.3 is 0 Å². The summed E-state index contributed by atoms with van der Waals surface area (Å²) in [4.78, 5) is 4.53. The molecule has 0 N–H and O–H groups in total. The van der Waals surface area contributed by atoms with Crippen molar-refractivity contribution in [2.45, 2.75) is 33.6 Å². The highest BCUT2D eigenvalue weighted by Crippen LogP contribution is 2.09. The van der Waals surface area contributed by atoms with E-state index in [4.69, 9.17) is 0 Å². The highest BCUT2D eigenvalue weighted by molar-refractivity contribution is 5.38. The van der Waals surface area contributed by atoms with E-state index in [1.165, 1.54) is 0 Å². The van der Waals surface area contributed by atoms with Gasteiger partial charge in [-0.1, -0.05) is 20.8 Å². The molecule has 2 aromatic rings. The van der Waals surface area contributed by atoms with Crippen LogP contribution in [0.3, 0.4) is 0 Å². The fraction of sp³-hybridized carbons (Fsp3) is 0.500. The fourth-order valence-corrected chi connectivity index (χ4v) is 1.68. The van der Waals surface area contributed by atoms with Crippen molar-refractivity contribution in [3.63, 3.8) is 0 Å². The van der Waals surface area contributed by atoms with Crippen LogP contribution in [0.5, 0.6) is 0 Å². The smallest absolute Gasteiger partial charge is 0.153 e. The first-order valence-corrected chi connectivity index (χ1v) is 5.53. The van der Waals surface area contributed by atoms with Crippen LogP contribution in [-0.4, -0.2) is 14.6 Å². The number of aryl methyl sites for hydroxylation is 1. The van der Waals surface area contributed by atoms with Gasteiger partial charge in [-0.2, -0.15) is 5.10 Å². The zero-order chi connectivity index (χ0) is 10.8. The van der Waals surface area contributed by atoms with E-state index in [1.54, 1.807) is 0 Å². The largest absolute Gasteiger partial charge is 0.232 e. The van der Waals surface area contributed by atoms with Crippen molar-refractivity contribution in [3.8, 4) is 0 Å². The number of rotatable bonds is 3. The summed E-state index contributed by atoms with van der Waals surface area (Å²) in [5.74, 6) is 0.639. The van der Waals surface area contributed by atoms with E-state index in [-0.39, 0.29) is 0 Å². The second kappa shape index (κ2) is 4.01. The molecule has 2 aromatic heterocycles. The summed E-state index contributed by atoms with van der Waals surface area (Å²) < 4.78 is 1.89. The SMILES string of the molecule is CCc1ccc2nc(CC(C)C)cn2n1. The van der Waals surface area contributed by atoms with Gasteiger partial charge in [0.1, 0.15) is 0 Å². The Balaban J connectivity index is 2.37. The predicted octanol–water partition coefficient (Wildman–Crippen LogP) is 2.49. The first-order valence-electron chi connectivity index (χ1n) is 5.53. The summed E-state index contributed by atoms with van der Waals surface area (Å²) in [6.07, 6.45) is 4.02. The lowest BCUT2D eigenvalue weighted by molar-refractivity contribution is 0.637. The molecule has 0 spiro atoms. The lowest BCUT2D eigenvalue weighted by Gasteiger charge is -1.97. The van der Waals surface area contributed by atoms with Gasteiger partial charge in [-0.15, -0.1) is 0 Å². The van der Waals surface area contributed by atoms with Crippen molar-refractivity contribution in [3.05, 3.63) is 29.7 Å². The van der Waals surface area contributed by atoms with E-state index in [0.29, 0.717) is 5.92 Å². The van der Waals surface area contributed by atoms with E-state index < -0.39 is 0 Å². The predicted molar refractivity (Wildman–Crippen MR) is 60.9 cm³/mol. The number of aromatic nitrogens is 3. The summed E-state index contributed by atoms with van der Waals surface area (Å²) >= 11 is 0. The minimum atomic E-state index is 0.639. The number of hydrogen-bond donors (Lipinski definition) is 0. The van der Waals surface area contributed by atoms with E-state index in [0.717, 1.165) is 29.9 Å². The number of nitrogens with zero attached hydrogens (tertiary/aromatic N) is 3. The first-order chi connectivity index (χ1) is 7.19. The van der Waals surface area contributed by atoms with Crippen LogP contribution >= 0.6 is 0 Å². The van der Waals surface area contributed by atoms with Crippen LogP contribution in [0.25, 0.3) is 5.65 Å². The lowest BCUT2D eigenvalue weighted by atomic mass is 10.1. The standard InChI is InChI=1S/C12H17N3/c1-4-10-5-6-12-13-11(7-9(2)3)8-15(12)14-10/h5-6,8-9H,4,7H2,1-3H3. The summed E-state index contributed by atoms with van der Waals surface area (Å²) in [5, 5.41) is 4.48. The molecule has 0 radical (unpaired) electrons. The van der Waals surface area contributed by atoms with Gasteiger partial charge in [0.2, 0.25) is 0 Å². The maximum atomic E-state index is 4.53. The van der Waals surface area contributed by atoms with Crippen LogP contribution in [0.2, 0.25) is 0 Å². The highest BCUT2D eigenvalue weighted by atomic mass is 15.2. The number of imidazole rings is 1. The van der Waals surface area contributed by atoms with Crippen molar-refractivity contribution < 1.29 is 0 Å². The van der Waals surface area contributed by atoms with Gasteiger partial charge in [0.05, 0.1) is 17.6 Å². The number of hydrogen-bond acceptors (Lipinski definition) is 2. The Kier molecular flexibility index (Phi) is 2.71. The van der Waals surface area contributed by atoms with Gasteiger partial charge in [-0.3, -0.25) is 0 Å². The molecule has 0 amide bonds. The summed E-state index contributed by atoms with van der Waals surface area (Å²) in [7, 11) is 0. The number of fused-ring (bicyclic) bond motifs is 1. The minimum absolute atomic E-state index is 0.639. The molecule has 0 aromatic carbocycles. The summed E-state index contributed by atoms with van der Waals surface area (Å²) in [5.41, 5.74) is 3.18. The molecule has 0 unspecified atom stereocenters. The van der Waals surface area contributed by atoms with Crippen LogP contribution < -0.4 is 0 Å². The summed E-state index contributed by atoms with van der Waals surface area (Å²) in [6, 6.07) is 4.08. The van der Waals surface area contributed by atoms with E-state index in [9.17, 15) is 0 Å². The molecule has 0 aliphatic rings. The molecule has 0 saturated carbocycles. The van der Waals surface area contributed by atoms with Crippen molar-refractivity contribution in [1.29, 1.82) is 0 Å². The Morgan fingerprint density at radius 3 is 2.73 bits per heavy atom. The molecule has 3 nitrogen and oxygen atoms in total. The van der Waals surface area contributed by atoms with Crippen LogP contribution in [0, 0.1) is 5.92 Å². The fourth-order valence-electron chi connectivity index (χ4n) is 1.68. The van der Waals surface area contributed by atoms with E-state index in [2.05, 4.69) is 30.9 Å². The average molecular weight is 203 g/mol. The zero-order valence-corrected chi connectivity index (χ0v) is 9.57. The van der Waals surface area contributed by atoms with E-state index >= 15 is 0 Å². The highest BCUT2D eigenvalue weighted by Gasteiger charge is 2.04. The minimum Gasteiger partial charge on any atom is -0.232 e. The van der Waals surface area contributed by atoms with Crippen LogP contribution in [-0.2, 0) is 12.8 Å². The maximum Gasteiger partial charge on any atom is 0.153 e. The second-order valence-corrected chi connectivity index (χ2v) is 4.31. The Hall–Kier alpha value is -1.38. The van der Waals surface area contributed by atoms with Gasteiger partial charge in [-0.25, -0.2) is 9.50 Å². The van der Waals surface area contributed by atoms with Gasteiger partial charge < -0.3 is 0 Å². The third-order valence-electron chi connectivity index (χ3n) is 2.40. The van der Waals surface area contributed by atoms with Gasteiger partial charge in [-0.05, 0) is 30.9 Å². The van der Waals surface area contributed by atoms with Crippen LogP contribution in [0.1, 0.15) is 32.2 Å². The van der Waals surface area contributed by atoms with Crippen molar-refractivity contribution in [2.75, 3.05) is 0 Å². The maximum absolute atomic E-state index is 4.53. The molecule has 2 heterocycles. The molecule has 0 saturated heterocycles. The molecular weight excluding hydrogens is 186 g/mol.